The zero-order valence-corrected chi connectivity index (χ0v) is 17.0. The van der Waals surface area contributed by atoms with Crippen molar-refractivity contribution in [1.82, 2.24) is 20.4 Å². The molecule has 1 aromatic carbocycles. The van der Waals surface area contributed by atoms with Gasteiger partial charge in [0.25, 0.3) is 0 Å². The highest BCUT2D eigenvalue weighted by Gasteiger charge is 2.28. The van der Waals surface area contributed by atoms with Gasteiger partial charge in [0.05, 0.1) is 12.6 Å². The van der Waals surface area contributed by atoms with Crippen LogP contribution in [0.25, 0.3) is 0 Å². The van der Waals surface area contributed by atoms with Gasteiger partial charge >= 0.3 is 6.03 Å². The van der Waals surface area contributed by atoms with Crippen LogP contribution in [0.5, 0.6) is 0 Å². The number of nitrogens with one attached hydrogen (secondary N) is 3. The maximum absolute atomic E-state index is 12.4. The van der Waals surface area contributed by atoms with Crippen molar-refractivity contribution in [2.45, 2.75) is 44.7 Å². The number of hydrogen-bond acceptors (Lipinski definition) is 5. The molecule has 1 aliphatic carbocycles. The zero-order valence-electron chi connectivity index (χ0n) is 17.0. The fourth-order valence-corrected chi connectivity index (χ4v) is 3.91. The lowest BCUT2D eigenvalue weighted by atomic mass is 10.2. The minimum atomic E-state index is -0.398. The quantitative estimate of drug-likeness (QED) is 0.670. The molecule has 4 amide bonds. The third-order valence-corrected chi connectivity index (χ3v) is 5.69. The number of carbonyl (C=O) groups is 3. The Labute approximate surface area is 172 Å². The van der Waals surface area contributed by atoms with E-state index in [9.17, 15) is 14.4 Å². The topological polar surface area (TPSA) is 93.8 Å². The summed E-state index contributed by atoms with van der Waals surface area (Å²) in [5.41, 5.74) is 0.789. The maximum atomic E-state index is 12.4. The molecule has 2 fully saturated rings. The van der Waals surface area contributed by atoms with E-state index in [0.717, 1.165) is 31.4 Å². The molecule has 3 N–H and O–H groups in total. The molecule has 3 rings (SSSR count). The number of urea groups is 1. The molecule has 0 bridgehead atoms. The maximum Gasteiger partial charge on any atom is 0.321 e. The summed E-state index contributed by atoms with van der Waals surface area (Å²) in [6.07, 6.45) is 4.22. The summed E-state index contributed by atoms with van der Waals surface area (Å²) in [4.78, 5) is 40.7. The van der Waals surface area contributed by atoms with Crippen LogP contribution in [0.4, 0.5) is 10.5 Å². The second-order valence-corrected chi connectivity index (χ2v) is 7.85. The molecule has 2 aliphatic rings. The second kappa shape index (κ2) is 10.4. The summed E-state index contributed by atoms with van der Waals surface area (Å²) in [6.45, 7) is 4.90. The van der Waals surface area contributed by atoms with E-state index in [1.165, 1.54) is 0 Å². The number of para-hydroxylation sites is 1. The molecule has 0 spiro atoms. The Hall–Kier alpha value is -2.45. The first-order chi connectivity index (χ1) is 14.0. The van der Waals surface area contributed by atoms with Crippen LogP contribution in [-0.4, -0.2) is 72.5 Å². The predicted molar refractivity (Wildman–Crippen MR) is 111 cm³/mol. The molecule has 0 unspecified atom stereocenters. The molecule has 1 aliphatic heterocycles. The van der Waals surface area contributed by atoms with Gasteiger partial charge in [-0.15, -0.1) is 0 Å². The summed E-state index contributed by atoms with van der Waals surface area (Å²) in [6, 6.07) is 8.80. The predicted octanol–water partition coefficient (Wildman–Crippen LogP) is 1.40. The molecule has 0 radical (unpaired) electrons. The van der Waals surface area contributed by atoms with Crippen molar-refractivity contribution in [2.24, 2.45) is 0 Å². The van der Waals surface area contributed by atoms with E-state index >= 15 is 0 Å². The Morgan fingerprint density at radius 3 is 2.34 bits per heavy atom. The van der Waals surface area contributed by atoms with Gasteiger partial charge in [-0.25, -0.2) is 4.79 Å². The van der Waals surface area contributed by atoms with Crippen LogP contribution >= 0.6 is 0 Å². The molecule has 1 saturated heterocycles. The number of rotatable bonds is 6. The first-order valence-electron chi connectivity index (χ1n) is 10.4. The number of nitrogens with zero attached hydrogens (tertiary/aromatic N) is 2. The Bertz CT molecular complexity index is 698. The number of carbonyl (C=O) groups excluding carboxylic acids is 3. The molecule has 158 valence electrons. The standard InChI is InChI=1S/C21H31N5O3/c1-16(20(28)24-21(29)23-18-9-5-6-10-18)26-13-11-25(12-14-26)15-19(27)22-17-7-3-2-4-8-17/h2-4,7-8,16,18H,5-6,9-15H2,1H3,(H,22,27)(H2,23,24,28,29)/t16-/m1/s1. The van der Waals surface area contributed by atoms with Gasteiger partial charge in [0.2, 0.25) is 11.8 Å². The summed E-state index contributed by atoms with van der Waals surface area (Å²) in [5, 5.41) is 8.23. The van der Waals surface area contributed by atoms with E-state index in [4.69, 9.17) is 0 Å². The van der Waals surface area contributed by atoms with Gasteiger partial charge in [0, 0.05) is 37.9 Å². The first kappa shape index (κ1) is 21.3. The van der Waals surface area contributed by atoms with Crippen molar-refractivity contribution >= 4 is 23.5 Å². The van der Waals surface area contributed by atoms with Crippen LogP contribution in [0.3, 0.4) is 0 Å². The average molecular weight is 402 g/mol. The summed E-state index contributed by atoms with van der Waals surface area (Å²) in [5.74, 6) is -0.324. The average Bonchev–Trinajstić information content (AvgIpc) is 3.21. The Morgan fingerprint density at radius 2 is 1.69 bits per heavy atom. The number of amides is 4. The van der Waals surface area contributed by atoms with Crippen molar-refractivity contribution in [3.63, 3.8) is 0 Å². The Balaban J connectivity index is 1.37. The fourth-order valence-electron chi connectivity index (χ4n) is 3.91. The van der Waals surface area contributed by atoms with E-state index in [0.29, 0.717) is 32.7 Å². The summed E-state index contributed by atoms with van der Waals surface area (Å²) in [7, 11) is 0. The van der Waals surface area contributed by atoms with Crippen LogP contribution in [0.1, 0.15) is 32.6 Å². The number of benzene rings is 1. The van der Waals surface area contributed by atoms with Gasteiger partial charge in [0.15, 0.2) is 0 Å². The molecular weight excluding hydrogens is 370 g/mol. The Kier molecular flexibility index (Phi) is 7.60. The molecular formula is C21H31N5O3. The highest BCUT2D eigenvalue weighted by Crippen LogP contribution is 2.17. The summed E-state index contributed by atoms with van der Waals surface area (Å²) >= 11 is 0. The summed E-state index contributed by atoms with van der Waals surface area (Å²) < 4.78 is 0. The lowest BCUT2D eigenvalue weighted by molar-refractivity contribution is -0.126. The Morgan fingerprint density at radius 1 is 1.03 bits per heavy atom. The zero-order chi connectivity index (χ0) is 20.6. The number of imide groups is 1. The van der Waals surface area contributed by atoms with Crippen molar-refractivity contribution < 1.29 is 14.4 Å². The van der Waals surface area contributed by atoms with E-state index < -0.39 is 6.03 Å². The lowest BCUT2D eigenvalue weighted by Crippen LogP contribution is -2.56. The van der Waals surface area contributed by atoms with E-state index in [-0.39, 0.29) is 23.9 Å². The van der Waals surface area contributed by atoms with Crippen molar-refractivity contribution in [1.29, 1.82) is 0 Å². The SMILES string of the molecule is C[C@H](C(=O)NC(=O)NC1CCCC1)N1CCN(CC(=O)Nc2ccccc2)CC1. The van der Waals surface area contributed by atoms with Crippen molar-refractivity contribution in [3.8, 4) is 0 Å². The monoisotopic (exact) mass is 401 g/mol. The molecule has 0 aromatic heterocycles. The minimum absolute atomic E-state index is 0.0426. The van der Waals surface area contributed by atoms with Crippen molar-refractivity contribution in [2.75, 3.05) is 38.0 Å². The van der Waals surface area contributed by atoms with Crippen LogP contribution in [0, 0.1) is 0 Å². The van der Waals surface area contributed by atoms with Gasteiger partial charge in [-0.05, 0) is 31.9 Å². The smallest absolute Gasteiger partial charge is 0.321 e. The minimum Gasteiger partial charge on any atom is -0.335 e. The van der Waals surface area contributed by atoms with Gasteiger partial charge in [0.1, 0.15) is 0 Å². The molecule has 1 atom stereocenters. The lowest BCUT2D eigenvalue weighted by Gasteiger charge is -2.37. The third-order valence-electron chi connectivity index (χ3n) is 5.69. The molecule has 29 heavy (non-hydrogen) atoms. The first-order valence-corrected chi connectivity index (χ1v) is 10.4. The molecule has 8 heteroatoms. The third kappa shape index (κ3) is 6.54. The molecule has 8 nitrogen and oxygen atoms in total. The van der Waals surface area contributed by atoms with Gasteiger partial charge in [-0.1, -0.05) is 31.0 Å². The molecule has 1 saturated carbocycles. The second-order valence-electron chi connectivity index (χ2n) is 7.85. The largest absolute Gasteiger partial charge is 0.335 e. The van der Waals surface area contributed by atoms with Gasteiger partial charge in [-0.3, -0.25) is 24.7 Å². The number of hydrogen-bond donors (Lipinski definition) is 3. The van der Waals surface area contributed by atoms with Crippen LogP contribution in [-0.2, 0) is 9.59 Å². The fraction of sp³-hybridized carbons (Fsp3) is 0.571. The number of piperazine rings is 1. The molecule has 1 aromatic rings. The number of anilines is 1. The van der Waals surface area contributed by atoms with Crippen molar-refractivity contribution in [3.05, 3.63) is 30.3 Å². The van der Waals surface area contributed by atoms with Crippen LogP contribution in [0.2, 0.25) is 0 Å². The highest BCUT2D eigenvalue weighted by atomic mass is 16.2. The van der Waals surface area contributed by atoms with E-state index in [2.05, 4.69) is 20.9 Å². The highest BCUT2D eigenvalue weighted by molar-refractivity contribution is 5.97. The van der Waals surface area contributed by atoms with Crippen LogP contribution < -0.4 is 16.0 Å². The van der Waals surface area contributed by atoms with Gasteiger partial charge < -0.3 is 10.6 Å². The van der Waals surface area contributed by atoms with E-state index in [1.54, 1.807) is 0 Å². The van der Waals surface area contributed by atoms with E-state index in [1.807, 2.05) is 42.2 Å². The van der Waals surface area contributed by atoms with Gasteiger partial charge in [-0.2, -0.15) is 0 Å². The molecule has 1 heterocycles. The van der Waals surface area contributed by atoms with Crippen LogP contribution in [0.15, 0.2) is 30.3 Å². The normalized spacial score (nSPS) is 19.5.